The molecule has 3 rings (SSSR count). The Morgan fingerprint density at radius 3 is 2.22 bits per heavy atom. The van der Waals surface area contributed by atoms with Gasteiger partial charge < -0.3 is 4.74 Å². The molecule has 0 amide bonds. The molecule has 0 radical (unpaired) electrons. The summed E-state index contributed by atoms with van der Waals surface area (Å²) in [6.07, 6.45) is 14.3. The van der Waals surface area contributed by atoms with Crippen LogP contribution in [0.3, 0.4) is 0 Å². The molecule has 2 saturated carbocycles. The third-order valence-corrected chi connectivity index (χ3v) is 7.16. The maximum Gasteiger partial charge on any atom is 0.387 e. The van der Waals surface area contributed by atoms with Gasteiger partial charge in [0.25, 0.3) is 0 Å². The fourth-order valence-corrected chi connectivity index (χ4v) is 5.55. The topological polar surface area (TPSA) is 9.23 Å². The van der Waals surface area contributed by atoms with Crippen LogP contribution in [0, 0.1) is 17.8 Å². The molecule has 2 aliphatic rings. The van der Waals surface area contributed by atoms with Crippen molar-refractivity contribution in [1.82, 2.24) is 0 Å². The summed E-state index contributed by atoms with van der Waals surface area (Å²) in [6.45, 7) is -0.524. The van der Waals surface area contributed by atoms with Gasteiger partial charge in [0.15, 0.2) is 0 Å². The third-order valence-electron chi connectivity index (χ3n) is 6.93. The van der Waals surface area contributed by atoms with E-state index >= 15 is 0 Å². The Hall–Kier alpha value is -0.830. The Balaban J connectivity index is 1.52. The molecule has 2 fully saturated rings. The van der Waals surface area contributed by atoms with Gasteiger partial charge in [-0.05, 0) is 79.9 Å². The fourth-order valence-electron chi connectivity index (χ4n) is 5.39. The molecule has 1 aromatic rings. The summed E-state index contributed by atoms with van der Waals surface area (Å²) < 4.78 is 30.2. The summed E-state index contributed by atoms with van der Waals surface area (Å²) in [7, 11) is 0. The predicted molar refractivity (Wildman–Crippen MR) is 108 cm³/mol. The SMILES string of the molecule is CCCCC1CCC(C2CCC(c3ccc(Cl)cc3OC(F)F)CC2)CC1. The minimum Gasteiger partial charge on any atom is -0.434 e. The number of benzene rings is 1. The normalized spacial score (nSPS) is 29.1. The zero-order valence-corrected chi connectivity index (χ0v) is 17.2. The molecule has 0 N–H and O–H groups in total. The molecule has 0 unspecified atom stereocenters. The minimum atomic E-state index is -2.80. The lowest BCUT2D eigenvalue weighted by Crippen LogP contribution is -2.25. The first-order chi connectivity index (χ1) is 13.1. The highest BCUT2D eigenvalue weighted by Crippen LogP contribution is 2.46. The van der Waals surface area contributed by atoms with Crippen molar-refractivity contribution in [3.8, 4) is 5.75 Å². The monoisotopic (exact) mass is 398 g/mol. The standard InChI is InChI=1S/C23H33ClF2O/c1-2-3-4-16-5-7-17(8-6-16)18-9-11-19(12-10-18)21-14-13-20(24)15-22(21)27-23(25)26/h13-19,23H,2-12H2,1H3. The van der Waals surface area contributed by atoms with Crippen molar-refractivity contribution in [1.29, 1.82) is 0 Å². The number of hydrogen-bond acceptors (Lipinski definition) is 1. The maximum atomic E-state index is 12.7. The molecule has 0 aliphatic heterocycles. The highest BCUT2D eigenvalue weighted by Gasteiger charge is 2.32. The van der Waals surface area contributed by atoms with Crippen LogP contribution >= 0.6 is 11.6 Å². The van der Waals surface area contributed by atoms with Gasteiger partial charge in [-0.2, -0.15) is 8.78 Å². The van der Waals surface area contributed by atoms with Gasteiger partial charge in [0, 0.05) is 5.02 Å². The van der Waals surface area contributed by atoms with E-state index in [4.69, 9.17) is 16.3 Å². The van der Waals surface area contributed by atoms with Crippen molar-refractivity contribution in [2.45, 2.75) is 90.1 Å². The van der Waals surface area contributed by atoms with Crippen LogP contribution in [0.1, 0.15) is 89.0 Å². The van der Waals surface area contributed by atoms with Gasteiger partial charge in [-0.1, -0.05) is 56.7 Å². The van der Waals surface area contributed by atoms with Crippen LogP contribution in [-0.2, 0) is 0 Å². The van der Waals surface area contributed by atoms with E-state index in [-0.39, 0.29) is 5.75 Å². The van der Waals surface area contributed by atoms with E-state index < -0.39 is 6.61 Å². The number of hydrogen-bond donors (Lipinski definition) is 0. The Labute approximate surface area is 167 Å². The first kappa shape index (κ1) is 20.9. The van der Waals surface area contributed by atoms with Gasteiger partial charge >= 0.3 is 6.61 Å². The average Bonchev–Trinajstić information content (AvgIpc) is 2.67. The van der Waals surface area contributed by atoms with E-state index in [1.165, 1.54) is 63.9 Å². The molecule has 1 aromatic carbocycles. The molecule has 0 saturated heterocycles. The van der Waals surface area contributed by atoms with Crippen LogP contribution in [0.25, 0.3) is 0 Å². The first-order valence-corrected chi connectivity index (χ1v) is 11.2. The van der Waals surface area contributed by atoms with Gasteiger partial charge in [-0.15, -0.1) is 0 Å². The Bertz CT molecular complexity index is 576. The number of unbranched alkanes of at least 4 members (excludes halogenated alkanes) is 1. The lowest BCUT2D eigenvalue weighted by molar-refractivity contribution is -0.0507. The second kappa shape index (κ2) is 10.1. The second-order valence-corrected chi connectivity index (χ2v) is 9.03. The molecule has 0 heterocycles. The number of ether oxygens (including phenoxy) is 1. The molecule has 0 aromatic heterocycles. The van der Waals surface area contributed by atoms with E-state index in [0.29, 0.717) is 10.9 Å². The molecule has 0 bridgehead atoms. The van der Waals surface area contributed by atoms with Crippen LogP contribution in [0.5, 0.6) is 5.75 Å². The summed E-state index contributed by atoms with van der Waals surface area (Å²) in [5, 5.41) is 0.447. The Morgan fingerprint density at radius 2 is 1.63 bits per heavy atom. The molecule has 4 heteroatoms. The van der Waals surface area contributed by atoms with Crippen molar-refractivity contribution in [3.63, 3.8) is 0 Å². The Morgan fingerprint density at radius 1 is 1.00 bits per heavy atom. The van der Waals surface area contributed by atoms with Gasteiger partial charge in [0.1, 0.15) is 5.75 Å². The minimum absolute atomic E-state index is 0.261. The first-order valence-electron chi connectivity index (χ1n) is 10.8. The molecular weight excluding hydrogens is 366 g/mol. The van der Waals surface area contributed by atoms with E-state index in [2.05, 4.69) is 6.92 Å². The number of rotatable bonds is 7. The molecule has 0 spiro atoms. The fraction of sp³-hybridized carbons (Fsp3) is 0.739. The zero-order valence-electron chi connectivity index (χ0n) is 16.4. The number of alkyl halides is 2. The summed E-state index contributed by atoms with van der Waals surface area (Å²) >= 11 is 5.98. The van der Waals surface area contributed by atoms with Gasteiger partial charge in [-0.25, -0.2) is 0 Å². The average molecular weight is 399 g/mol. The van der Waals surface area contributed by atoms with Crippen molar-refractivity contribution in [2.24, 2.45) is 17.8 Å². The third kappa shape index (κ3) is 5.82. The van der Waals surface area contributed by atoms with E-state index in [0.717, 1.165) is 36.2 Å². The molecule has 1 nitrogen and oxygen atoms in total. The molecular formula is C23H33ClF2O. The van der Waals surface area contributed by atoms with E-state index in [1.807, 2.05) is 6.07 Å². The predicted octanol–water partition coefficient (Wildman–Crippen LogP) is 8.21. The van der Waals surface area contributed by atoms with Gasteiger partial charge in [0.2, 0.25) is 0 Å². The molecule has 27 heavy (non-hydrogen) atoms. The molecule has 152 valence electrons. The largest absolute Gasteiger partial charge is 0.434 e. The van der Waals surface area contributed by atoms with Crippen molar-refractivity contribution >= 4 is 11.6 Å². The summed E-state index contributed by atoms with van der Waals surface area (Å²) in [4.78, 5) is 0. The zero-order chi connectivity index (χ0) is 19.2. The highest BCUT2D eigenvalue weighted by molar-refractivity contribution is 6.30. The van der Waals surface area contributed by atoms with Crippen LogP contribution in [0.15, 0.2) is 18.2 Å². The summed E-state index contributed by atoms with van der Waals surface area (Å²) in [5.41, 5.74) is 0.904. The summed E-state index contributed by atoms with van der Waals surface area (Å²) in [5.74, 6) is 3.23. The van der Waals surface area contributed by atoms with E-state index in [9.17, 15) is 8.78 Å². The molecule has 2 aliphatic carbocycles. The second-order valence-electron chi connectivity index (χ2n) is 8.60. The summed E-state index contributed by atoms with van der Waals surface area (Å²) in [6, 6.07) is 5.20. The van der Waals surface area contributed by atoms with Crippen molar-refractivity contribution < 1.29 is 13.5 Å². The van der Waals surface area contributed by atoms with Gasteiger partial charge in [0.05, 0.1) is 0 Å². The molecule has 0 atom stereocenters. The highest BCUT2D eigenvalue weighted by atomic mass is 35.5. The van der Waals surface area contributed by atoms with Crippen LogP contribution in [0.4, 0.5) is 8.78 Å². The number of halogens is 3. The van der Waals surface area contributed by atoms with Gasteiger partial charge in [-0.3, -0.25) is 0 Å². The van der Waals surface area contributed by atoms with Crippen LogP contribution in [0.2, 0.25) is 5.02 Å². The van der Waals surface area contributed by atoms with Crippen LogP contribution in [-0.4, -0.2) is 6.61 Å². The Kier molecular flexibility index (Phi) is 7.81. The lowest BCUT2D eigenvalue weighted by atomic mass is 9.68. The van der Waals surface area contributed by atoms with E-state index in [1.54, 1.807) is 6.07 Å². The quantitative estimate of drug-likeness (QED) is 0.449. The lowest BCUT2D eigenvalue weighted by Gasteiger charge is -2.38. The smallest absolute Gasteiger partial charge is 0.387 e. The van der Waals surface area contributed by atoms with Crippen molar-refractivity contribution in [3.05, 3.63) is 28.8 Å². The van der Waals surface area contributed by atoms with Crippen molar-refractivity contribution in [2.75, 3.05) is 0 Å². The van der Waals surface area contributed by atoms with Crippen LogP contribution < -0.4 is 4.74 Å². The maximum absolute atomic E-state index is 12.7.